The van der Waals surface area contributed by atoms with Crippen molar-refractivity contribution in [3.05, 3.63) is 29.1 Å². The summed E-state index contributed by atoms with van der Waals surface area (Å²) in [5, 5.41) is 0. The van der Waals surface area contributed by atoms with E-state index in [0.717, 1.165) is 42.9 Å². The second-order valence-electron chi connectivity index (χ2n) is 7.30. The maximum Gasteiger partial charge on any atom is 0.140 e. The van der Waals surface area contributed by atoms with Crippen molar-refractivity contribution in [2.24, 2.45) is 0 Å². The van der Waals surface area contributed by atoms with Crippen molar-refractivity contribution in [3.63, 3.8) is 0 Å². The third-order valence-corrected chi connectivity index (χ3v) is 5.51. The molecule has 0 saturated carbocycles. The number of likely N-dealkylation sites (tertiary alicyclic amines) is 1. The van der Waals surface area contributed by atoms with Crippen LogP contribution in [0.5, 0.6) is 0 Å². The highest BCUT2D eigenvalue weighted by molar-refractivity contribution is 5.77. The summed E-state index contributed by atoms with van der Waals surface area (Å²) in [4.78, 5) is 10.1. The number of ether oxygens (including phenoxy) is 2. The molecule has 6 heteroatoms. The molecule has 2 aromatic rings. The number of aromatic amines is 1. The molecule has 3 heterocycles. The molecule has 0 bridgehead atoms. The fourth-order valence-electron chi connectivity index (χ4n) is 3.84. The van der Waals surface area contributed by atoms with Gasteiger partial charge in [0.05, 0.1) is 11.0 Å². The van der Waals surface area contributed by atoms with Crippen LogP contribution in [0.3, 0.4) is 0 Å². The Hall–Kier alpha value is -1.50. The number of hydrogen-bond donors (Lipinski definition) is 1. The average molecular weight is 347 g/mol. The summed E-state index contributed by atoms with van der Waals surface area (Å²) < 4.78 is 25.6. The largest absolute Gasteiger partial charge is 0.381 e. The van der Waals surface area contributed by atoms with E-state index >= 15 is 0 Å². The Kier molecular flexibility index (Phi) is 4.75. The van der Waals surface area contributed by atoms with Gasteiger partial charge in [-0.3, -0.25) is 4.90 Å². The van der Waals surface area contributed by atoms with Crippen LogP contribution >= 0.6 is 0 Å². The number of hydrogen-bond acceptors (Lipinski definition) is 4. The molecule has 0 aliphatic carbocycles. The van der Waals surface area contributed by atoms with Crippen molar-refractivity contribution in [1.82, 2.24) is 14.9 Å². The van der Waals surface area contributed by atoms with E-state index in [2.05, 4.69) is 40.8 Å². The summed E-state index contributed by atoms with van der Waals surface area (Å²) in [5.74, 6) is 0.761. The second-order valence-corrected chi connectivity index (χ2v) is 7.30. The first kappa shape index (κ1) is 16.9. The highest BCUT2D eigenvalue weighted by Gasteiger charge is 2.37. The molecule has 0 amide bonds. The van der Waals surface area contributed by atoms with Crippen molar-refractivity contribution >= 4 is 11.0 Å². The molecule has 5 nitrogen and oxygen atoms in total. The summed E-state index contributed by atoms with van der Waals surface area (Å²) in [6, 6.07) is 4.60. The molecule has 0 radical (unpaired) electrons. The SMILES string of the molecule is Cc1cc2nc(COC3CN(C4CCOCC4)CC3F)[nH]c2cc1C. The van der Waals surface area contributed by atoms with E-state index in [9.17, 15) is 4.39 Å². The lowest BCUT2D eigenvalue weighted by Gasteiger charge is -2.30. The molecule has 2 fully saturated rings. The number of nitrogens with one attached hydrogen (secondary N) is 1. The molecule has 1 aromatic heterocycles. The first-order chi connectivity index (χ1) is 12.1. The predicted molar refractivity (Wildman–Crippen MR) is 94.5 cm³/mol. The molecule has 2 unspecified atom stereocenters. The average Bonchev–Trinajstić information content (AvgIpc) is 3.17. The lowest BCUT2D eigenvalue weighted by molar-refractivity contribution is 0.00313. The number of aromatic nitrogens is 2. The van der Waals surface area contributed by atoms with Gasteiger partial charge >= 0.3 is 0 Å². The van der Waals surface area contributed by atoms with Crippen LogP contribution < -0.4 is 0 Å². The smallest absolute Gasteiger partial charge is 0.140 e. The van der Waals surface area contributed by atoms with E-state index in [1.54, 1.807) is 0 Å². The molecule has 2 atom stereocenters. The van der Waals surface area contributed by atoms with Gasteiger partial charge in [0.25, 0.3) is 0 Å². The number of nitrogens with zero attached hydrogens (tertiary/aromatic N) is 2. The highest BCUT2D eigenvalue weighted by atomic mass is 19.1. The topological polar surface area (TPSA) is 50.4 Å². The Morgan fingerprint density at radius 1 is 1.24 bits per heavy atom. The Bertz CT molecular complexity index is 703. The summed E-state index contributed by atoms with van der Waals surface area (Å²) in [5.41, 5.74) is 4.40. The quantitative estimate of drug-likeness (QED) is 0.924. The van der Waals surface area contributed by atoms with Crippen molar-refractivity contribution in [2.45, 2.75) is 51.6 Å². The van der Waals surface area contributed by atoms with Gasteiger partial charge in [0.1, 0.15) is 24.7 Å². The zero-order valence-corrected chi connectivity index (χ0v) is 14.9. The molecular weight excluding hydrogens is 321 g/mol. The van der Waals surface area contributed by atoms with E-state index in [-0.39, 0.29) is 6.10 Å². The molecule has 4 rings (SSSR count). The van der Waals surface area contributed by atoms with Gasteiger partial charge in [-0.2, -0.15) is 0 Å². The van der Waals surface area contributed by atoms with Gasteiger partial charge < -0.3 is 14.5 Å². The molecule has 2 aliphatic rings. The summed E-state index contributed by atoms with van der Waals surface area (Å²) in [6.45, 7) is 7.17. The molecular formula is C19H26FN3O2. The number of H-pyrrole nitrogens is 1. The van der Waals surface area contributed by atoms with Crippen LogP contribution in [-0.4, -0.2) is 59.5 Å². The lowest BCUT2D eigenvalue weighted by atomic mass is 10.1. The van der Waals surface area contributed by atoms with Crippen molar-refractivity contribution in [2.75, 3.05) is 26.3 Å². The summed E-state index contributed by atoms with van der Waals surface area (Å²) in [7, 11) is 0. The summed E-state index contributed by atoms with van der Waals surface area (Å²) in [6.07, 6.45) is 0.667. The number of halogens is 1. The second kappa shape index (κ2) is 7.02. The third kappa shape index (κ3) is 3.57. The first-order valence-electron chi connectivity index (χ1n) is 9.13. The molecule has 25 heavy (non-hydrogen) atoms. The summed E-state index contributed by atoms with van der Waals surface area (Å²) >= 11 is 0. The van der Waals surface area contributed by atoms with Crippen molar-refractivity contribution in [1.29, 1.82) is 0 Å². The van der Waals surface area contributed by atoms with Crippen LogP contribution in [0.25, 0.3) is 11.0 Å². The molecule has 1 aromatic carbocycles. The van der Waals surface area contributed by atoms with Gasteiger partial charge in [-0.25, -0.2) is 9.37 Å². The van der Waals surface area contributed by atoms with Gasteiger partial charge in [0.15, 0.2) is 0 Å². The third-order valence-electron chi connectivity index (χ3n) is 5.51. The van der Waals surface area contributed by atoms with Crippen LogP contribution in [0.2, 0.25) is 0 Å². The van der Waals surface area contributed by atoms with Gasteiger partial charge in [-0.05, 0) is 49.9 Å². The van der Waals surface area contributed by atoms with E-state index in [0.29, 0.717) is 25.7 Å². The van der Waals surface area contributed by atoms with Crippen LogP contribution in [0, 0.1) is 13.8 Å². The zero-order chi connectivity index (χ0) is 17.4. The fraction of sp³-hybridized carbons (Fsp3) is 0.632. The van der Waals surface area contributed by atoms with Crippen LogP contribution in [0.1, 0.15) is 29.8 Å². The first-order valence-corrected chi connectivity index (χ1v) is 9.13. The lowest BCUT2D eigenvalue weighted by Crippen LogP contribution is -2.38. The van der Waals surface area contributed by atoms with Crippen molar-refractivity contribution in [3.8, 4) is 0 Å². The number of benzene rings is 1. The normalized spacial score (nSPS) is 25.9. The van der Waals surface area contributed by atoms with Crippen LogP contribution in [-0.2, 0) is 16.1 Å². The number of aryl methyl sites for hydroxylation is 2. The van der Waals surface area contributed by atoms with Crippen LogP contribution in [0.15, 0.2) is 12.1 Å². The molecule has 1 N–H and O–H groups in total. The fourth-order valence-corrected chi connectivity index (χ4v) is 3.84. The molecule has 2 saturated heterocycles. The maximum absolute atomic E-state index is 14.4. The number of rotatable bonds is 4. The number of alkyl halides is 1. The Morgan fingerprint density at radius 2 is 2.00 bits per heavy atom. The van der Waals surface area contributed by atoms with Crippen molar-refractivity contribution < 1.29 is 13.9 Å². The highest BCUT2D eigenvalue weighted by Crippen LogP contribution is 2.25. The predicted octanol–water partition coefficient (Wildman–Crippen LogP) is 2.90. The molecule has 2 aliphatic heterocycles. The number of fused-ring (bicyclic) bond motifs is 1. The maximum atomic E-state index is 14.4. The van der Waals surface area contributed by atoms with E-state index in [4.69, 9.17) is 9.47 Å². The minimum Gasteiger partial charge on any atom is -0.381 e. The van der Waals surface area contributed by atoms with Gasteiger partial charge in [-0.15, -0.1) is 0 Å². The van der Waals surface area contributed by atoms with E-state index < -0.39 is 6.17 Å². The Balaban J connectivity index is 1.37. The van der Waals surface area contributed by atoms with Gasteiger partial charge in [0, 0.05) is 32.3 Å². The molecule has 136 valence electrons. The van der Waals surface area contributed by atoms with Gasteiger partial charge in [-0.1, -0.05) is 0 Å². The Labute approximate surface area is 147 Å². The minimum atomic E-state index is -0.934. The van der Waals surface area contributed by atoms with E-state index in [1.807, 2.05) is 0 Å². The zero-order valence-electron chi connectivity index (χ0n) is 14.9. The molecule has 0 spiro atoms. The van der Waals surface area contributed by atoms with Crippen LogP contribution in [0.4, 0.5) is 4.39 Å². The van der Waals surface area contributed by atoms with E-state index in [1.165, 1.54) is 11.1 Å². The monoisotopic (exact) mass is 347 g/mol. The minimum absolute atomic E-state index is 0.319. The van der Waals surface area contributed by atoms with Gasteiger partial charge in [0.2, 0.25) is 0 Å². The number of imidazole rings is 1. The standard InChI is InChI=1S/C19H26FN3O2/c1-12-7-16-17(8-13(12)2)22-19(21-16)11-25-18-10-23(9-15(18)20)14-3-5-24-6-4-14/h7-8,14-15,18H,3-6,9-11H2,1-2H3,(H,21,22). The Morgan fingerprint density at radius 3 is 2.80 bits per heavy atom.